The number of para-hydroxylation sites is 1. The van der Waals surface area contributed by atoms with Gasteiger partial charge in [-0.25, -0.2) is 0 Å². The number of pyridine rings is 2. The smallest absolute Gasteiger partial charge is 0.102 e. The molecule has 0 aliphatic carbocycles. The van der Waals surface area contributed by atoms with Gasteiger partial charge in [-0.1, -0.05) is 72.8 Å². The Morgan fingerprint density at radius 1 is 0.657 bits per heavy atom. The average Bonchev–Trinajstić information content (AvgIpc) is 3.27. The van der Waals surface area contributed by atoms with Crippen molar-refractivity contribution < 1.29 is 0 Å². The van der Waals surface area contributed by atoms with Crippen LogP contribution in [0.2, 0.25) is 0 Å². The number of hydrogen-bond acceptors (Lipinski definition) is 2. The Balaban J connectivity index is 1.79. The maximum absolute atomic E-state index is 10.4. The fourth-order valence-electron chi connectivity index (χ4n) is 5.97. The van der Waals surface area contributed by atoms with Gasteiger partial charge in [0.2, 0.25) is 0 Å². The van der Waals surface area contributed by atoms with Crippen molar-refractivity contribution in [2.45, 2.75) is 0 Å². The molecule has 0 N–H and O–H groups in total. The summed E-state index contributed by atoms with van der Waals surface area (Å²) in [6, 6.07) is 36.4. The van der Waals surface area contributed by atoms with E-state index in [1.165, 1.54) is 21.9 Å². The molecule has 160 valence electrons. The van der Waals surface area contributed by atoms with Crippen LogP contribution < -0.4 is 0 Å². The van der Waals surface area contributed by atoms with Gasteiger partial charge in [0.15, 0.2) is 0 Å². The number of hydrogen-bond donors (Lipinski definition) is 0. The van der Waals surface area contributed by atoms with Crippen LogP contribution in [0.1, 0.15) is 5.56 Å². The Hall–Kier alpha value is -4.94. The van der Waals surface area contributed by atoms with E-state index in [2.05, 4.69) is 89.3 Å². The monoisotopic (exact) mass is 443 g/mol. The van der Waals surface area contributed by atoms with Gasteiger partial charge in [0, 0.05) is 33.1 Å². The Labute approximate surface area is 200 Å². The number of benzene rings is 5. The van der Waals surface area contributed by atoms with Crippen LogP contribution in [0.4, 0.5) is 0 Å². The minimum absolute atomic E-state index is 0.690. The average molecular weight is 444 g/mol. The van der Waals surface area contributed by atoms with Crippen LogP contribution in [0.25, 0.3) is 70.9 Å². The lowest BCUT2D eigenvalue weighted by Crippen LogP contribution is -1.98. The minimum atomic E-state index is 0.690. The molecule has 3 nitrogen and oxygen atoms in total. The molecule has 0 saturated heterocycles. The van der Waals surface area contributed by atoms with Gasteiger partial charge in [-0.3, -0.25) is 4.98 Å². The topological polar surface area (TPSA) is 41.1 Å². The maximum Gasteiger partial charge on any atom is 0.102 e. The highest BCUT2D eigenvalue weighted by Crippen LogP contribution is 2.46. The molecular formula is C32H17N3. The highest BCUT2D eigenvalue weighted by molar-refractivity contribution is 6.32. The molecule has 0 fully saturated rings. The van der Waals surface area contributed by atoms with Crippen molar-refractivity contribution in [2.24, 2.45) is 0 Å². The van der Waals surface area contributed by atoms with E-state index in [1.54, 1.807) is 0 Å². The Morgan fingerprint density at radius 3 is 2.29 bits per heavy atom. The predicted octanol–water partition coefficient (Wildman–Crippen LogP) is 8.08. The molecule has 35 heavy (non-hydrogen) atoms. The van der Waals surface area contributed by atoms with E-state index in [9.17, 15) is 5.26 Å². The van der Waals surface area contributed by atoms with E-state index in [4.69, 9.17) is 4.98 Å². The van der Waals surface area contributed by atoms with E-state index in [0.29, 0.717) is 5.56 Å². The standard InChI is InChI=1S/C32H17N3/c33-18-26-22-11-5-4-10-20(22)16-25-30-28-21(14-15-34-30)17-24(19-8-2-1-3-9-19)29-23-12-6-7-13-27(23)35(31(25)26)32(28)29/h1-17H. The van der Waals surface area contributed by atoms with Gasteiger partial charge in [-0.15, -0.1) is 0 Å². The van der Waals surface area contributed by atoms with E-state index in [0.717, 1.165) is 49.0 Å². The normalized spacial score (nSPS) is 12.0. The first-order chi connectivity index (χ1) is 17.3. The second-order valence-corrected chi connectivity index (χ2v) is 9.10. The van der Waals surface area contributed by atoms with Crippen molar-refractivity contribution in [3.63, 3.8) is 0 Å². The van der Waals surface area contributed by atoms with E-state index in [1.807, 2.05) is 24.4 Å². The summed E-state index contributed by atoms with van der Waals surface area (Å²) in [5, 5.41) is 18.2. The second-order valence-electron chi connectivity index (χ2n) is 9.10. The summed E-state index contributed by atoms with van der Waals surface area (Å²) in [5.41, 5.74) is 7.17. The number of nitriles is 1. The third kappa shape index (κ3) is 2.26. The lowest BCUT2D eigenvalue weighted by Gasteiger charge is -2.16. The van der Waals surface area contributed by atoms with Crippen molar-refractivity contribution in [2.75, 3.05) is 0 Å². The van der Waals surface area contributed by atoms with E-state index >= 15 is 0 Å². The van der Waals surface area contributed by atoms with Crippen molar-refractivity contribution in [1.29, 1.82) is 5.26 Å². The fraction of sp³-hybridized carbons (Fsp3) is 0. The molecule has 0 spiro atoms. The molecule has 3 aromatic heterocycles. The van der Waals surface area contributed by atoms with Gasteiger partial charge in [-0.2, -0.15) is 5.26 Å². The van der Waals surface area contributed by atoms with E-state index < -0.39 is 0 Å². The van der Waals surface area contributed by atoms with Crippen LogP contribution >= 0.6 is 0 Å². The largest absolute Gasteiger partial charge is 0.306 e. The van der Waals surface area contributed by atoms with Crippen LogP contribution in [0, 0.1) is 11.3 Å². The molecule has 0 saturated carbocycles. The van der Waals surface area contributed by atoms with Crippen LogP contribution in [0.15, 0.2) is 103 Å². The lowest BCUT2D eigenvalue weighted by molar-refractivity contribution is 1.33. The summed E-state index contributed by atoms with van der Waals surface area (Å²) >= 11 is 0. The first kappa shape index (κ1) is 18.5. The zero-order chi connectivity index (χ0) is 23.1. The first-order valence-electron chi connectivity index (χ1n) is 11.7. The Morgan fingerprint density at radius 2 is 1.43 bits per heavy atom. The summed E-state index contributed by atoms with van der Waals surface area (Å²) in [4.78, 5) is 4.89. The van der Waals surface area contributed by atoms with Crippen LogP contribution in [-0.2, 0) is 0 Å². The molecule has 0 aliphatic heterocycles. The van der Waals surface area contributed by atoms with Gasteiger partial charge >= 0.3 is 0 Å². The highest BCUT2D eigenvalue weighted by Gasteiger charge is 2.24. The third-order valence-electron chi connectivity index (χ3n) is 7.36. The number of fused-ring (bicyclic) bond motifs is 7. The van der Waals surface area contributed by atoms with Crippen molar-refractivity contribution >= 4 is 59.8 Å². The van der Waals surface area contributed by atoms with Crippen molar-refractivity contribution in [3.8, 4) is 17.2 Å². The summed E-state index contributed by atoms with van der Waals surface area (Å²) in [7, 11) is 0. The molecule has 0 bridgehead atoms. The lowest BCUT2D eigenvalue weighted by atomic mass is 9.93. The summed E-state index contributed by atoms with van der Waals surface area (Å²) in [5.74, 6) is 0. The number of aromatic nitrogens is 2. The fourth-order valence-corrected chi connectivity index (χ4v) is 5.97. The van der Waals surface area contributed by atoms with Gasteiger partial charge in [0.1, 0.15) is 6.07 Å². The Bertz CT molecular complexity index is 2160. The molecule has 8 rings (SSSR count). The zero-order valence-electron chi connectivity index (χ0n) is 18.7. The molecule has 3 heterocycles. The Kier molecular flexibility index (Phi) is 3.46. The van der Waals surface area contributed by atoms with E-state index in [-0.39, 0.29) is 0 Å². The van der Waals surface area contributed by atoms with Crippen molar-refractivity contribution in [3.05, 3.63) is 109 Å². The summed E-state index contributed by atoms with van der Waals surface area (Å²) in [6.45, 7) is 0. The van der Waals surface area contributed by atoms with Crippen LogP contribution in [0.3, 0.4) is 0 Å². The maximum atomic E-state index is 10.4. The molecule has 0 aliphatic rings. The molecule has 0 unspecified atom stereocenters. The summed E-state index contributed by atoms with van der Waals surface area (Å²) < 4.78 is 2.31. The van der Waals surface area contributed by atoms with Gasteiger partial charge in [-0.05, 0) is 46.2 Å². The predicted molar refractivity (Wildman–Crippen MR) is 144 cm³/mol. The van der Waals surface area contributed by atoms with Gasteiger partial charge in [0.05, 0.1) is 27.6 Å². The molecule has 8 aromatic rings. The molecule has 3 heteroatoms. The van der Waals surface area contributed by atoms with Crippen LogP contribution in [-0.4, -0.2) is 9.38 Å². The highest BCUT2D eigenvalue weighted by atomic mass is 14.9. The van der Waals surface area contributed by atoms with Gasteiger partial charge < -0.3 is 4.40 Å². The molecule has 0 radical (unpaired) electrons. The summed E-state index contributed by atoms with van der Waals surface area (Å²) in [6.07, 6.45) is 1.89. The second kappa shape index (κ2) is 6.56. The first-order valence-corrected chi connectivity index (χ1v) is 11.7. The number of rotatable bonds is 1. The van der Waals surface area contributed by atoms with Crippen LogP contribution in [0.5, 0.6) is 0 Å². The molecular weight excluding hydrogens is 426 g/mol. The zero-order valence-corrected chi connectivity index (χ0v) is 18.7. The molecule has 5 aromatic carbocycles. The quantitative estimate of drug-likeness (QED) is 0.190. The van der Waals surface area contributed by atoms with Crippen molar-refractivity contribution in [1.82, 2.24) is 9.38 Å². The van der Waals surface area contributed by atoms with Gasteiger partial charge in [0.25, 0.3) is 0 Å². The molecule has 0 amide bonds. The number of nitrogens with zero attached hydrogens (tertiary/aromatic N) is 3. The minimum Gasteiger partial charge on any atom is -0.306 e. The molecule has 0 atom stereocenters. The SMILES string of the molecule is N#Cc1c2ccccc2cc2c3nccc4cc(-c5ccccc5)c5c6ccccc6n(c12)c5c43. The third-order valence-corrected chi connectivity index (χ3v) is 7.36.